The molecule has 1 aromatic rings. The quantitative estimate of drug-likeness (QED) is 0.816. The Morgan fingerprint density at radius 2 is 2.21 bits per heavy atom. The molecule has 1 saturated carbocycles. The first-order chi connectivity index (χ1) is 6.58. The van der Waals surface area contributed by atoms with Crippen LogP contribution in [-0.4, -0.2) is 12.1 Å². The Bertz CT molecular complexity index is 375. The molecule has 2 rings (SSSR count). The Balaban J connectivity index is 2.53. The summed E-state index contributed by atoms with van der Waals surface area (Å²) in [5.41, 5.74) is 7.72. The summed E-state index contributed by atoms with van der Waals surface area (Å²) in [6.07, 6.45) is 3.59. The maximum absolute atomic E-state index is 6.08. The first-order valence-electron chi connectivity index (χ1n) is 4.57. The zero-order chi connectivity index (χ0) is 10.3. The van der Waals surface area contributed by atoms with Crippen molar-refractivity contribution in [3.63, 3.8) is 0 Å². The van der Waals surface area contributed by atoms with Crippen molar-refractivity contribution in [3.05, 3.63) is 22.5 Å². The molecular weight excluding hydrogens is 200 g/mol. The van der Waals surface area contributed by atoms with E-state index in [-0.39, 0.29) is 5.54 Å². The third kappa shape index (κ3) is 1.37. The van der Waals surface area contributed by atoms with E-state index in [4.69, 9.17) is 22.1 Å². The van der Waals surface area contributed by atoms with E-state index in [0.717, 1.165) is 24.1 Å². The van der Waals surface area contributed by atoms with Crippen molar-refractivity contribution < 1.29 is 4.74 Å². The highest BCUT2D eigenvalue weighted by Crippen LogP contribution is 2.45. The van der Waals surface area contributed by atoms with E-state index in [1.165, 1.54) is 0 Å². The van der Waals surface area contributed by atoms with Gasteiger partial charge in [-0.05, 0) is 19.8 Å². The van der Waals surface area contributed by atoms with Crippen molar-refractivity contribution in [2.45, 2.75) is 25.3 Å². The molecule has 1 aromatic heterocycles. The van der Waals surface area contributed by atoms with Gasteiger partial charge in [-0.2, -0.15) is 0 Å². The molecule has 2 N–H and O–H groups in total. The number of rotatable bonds is 2. The average Bonchev–Trinajstić information content (AvgIpc) is 2.85. The summed E-state index contributed by atoms with van der Waals surface area (Å²) in [5, 5.41) is 0.540. The van der Waals surface area contributed by atoms with Gasteiger partial charge in [0.05, 0.1) is 18.3 Å². The van der Waals surface area contributed by atoms with E-state index in [1.54, 1.807) is 13.3 Å². The smallest absolute Gasteiger partial charge is 0.143 e. The largest absolute Gasteiger partial charge is 0.495 e. The summed E-state index contributed by atoms with van der Waals surface area (Å²) >= 11 is 5.94. The number of aromatic nitrogens is 1. The lowest BCUT2D eigenvalue weighted by molar-refractivity contribution is 0.409. The van der Waals surface area contributed by atoms with E-state index in [9.17, 15) is 0 Å². The first-order valence-corrected chi connectivity index (χ1v) is 4.95. The second-order valence-corrected chi connectivity index (χ2v) is 4.18. The van der Waals surface area contributed by atoms with Gasteiger partial charge in [0, 0.05) is 11.8 Å². The molecule has 0 aliphatic heterocycles. The van der Waals surface area contributed by atoms with Crippen LogP contribution in [0.1, 0.15) is 24.1 Å². The van der Waals surface area contributed by atoms with Gasteiger partial charge in [-0.1, -0.05) is 11.6 Å². The number of nitrogens with zero attached hydrogens (tertiary/aromatic N) is 1. The van der Waals surface area contributed by atoms with E-state index in [1.807, 2.05) is 6.92 Å². The standard InChI is InChI=1S/C10H13ClN2O/c1-6-8(14-2)7(11)5-13-9(6)10(12)3-4-10/h5H,3-4,12H2,1-2H3. The van der Waals surface area contributed by atoms with Crippen LogP contribution in [0.3, 0.4) is 0 Å². The van der Waals surface area contributed by atoms with Crippen molar-refractivity contribution in [3.8, 4) is 5.75 Å². The molecule has 0 radical (unpaired) electrons. The van der Waals surface area contributed by atoms with Crippen LogP contribution in [0.4, 0.5) is 0 Å². The number of ether oxygens (including phenoxy) is 1. The van der Waals surface area contributed by atoms with Gasteiger partial charge < -0.3 is 10.5 Å². The topological polar surface area (TPSA) is 48.1 Å². The SMILES string of the molecule is COc1c(Cl)cnc(C2(N)CC2)c1C. The lowest BCUT2D eigenvalue weighted by Gasteiger charge is -2.15. The maximum Gasteiger partial charge on any atom is 0.143 e. The van der Waals surface area contributed by atoms with Crippen LogP contribution in [0.5, 0.6) is 5.75 Å². The zero-order valence-electron chi connectivity index (χ0n) is 8.30. The molecule has 0 saturated heterocycles. The van der Waals surface area contributed by atoms with Gasteiger partial charge in [0.15, 0.2) is 0 Å². The molecule has 4 heteroatoms. The maximum atomic E-state index is 6.08. The number of methoxy groups -OCH3 is 1. The minimum Gasteiger partial charge on any atom is -0.495 e. The highest BCUT2D eigenvalue weighted by Gasteiger charge is 2.43. The molecule has 0 bridgehead atoms. The van der Waals surface area contributed by atoms with E-state index < -0.39 is 0 Å². The van der Waals surface area contributed by atoms with Crippen LogP contribution in [0.2, 0.25) is 5.02 Å². The van der Waals surface area contributed by atoms with Crippen molar-refractivity contribution in [1.82, 2.24) is 4.98 Å². The van der Waals surface area contributed by atoms with Gasteiger partial charge in [-0.25, -0.2) is 0 Å². The monoisotopic (exact) mass is 212 g/mol. The van der Waals surface area contributed by atoms with E-state index in [2.05, 4.69) is 4.98 Å². The summed E-state index contributed by atoms with van der Waals surface area (Å²) in [6.45, 7) is 1.94. The number of nitrogens with two attached hydrogens (primary N) is 1. The highest BCUT2D eigenvalue weighted by molar-refractivity contribution is 6.32. The predicted molar refractivity (Wildman–Crippen MR) is 55.6 cm³/mol. The fraction of sp³-hybridized carbons (Fsp3) is 0.500. The van der Waals surface area contributed by atoms with Gasteiger partial charge in [0.25, 0.3) is 0 Å². The second kappa shape index (κ2) is 3.11. The van der Waals surface area contributed by atoms with Gasteiger partial charge in [-0.3, -0.25) is 4.98 Å². The fourth-order valence-electron chi connectivity index (χ4n) is 1.69. The molecule has 0 atom stereocenters. The summed E-state index contributed by atoms with van der Waals surface area (Å²) in [7, 11) is 1.61. The second-order valence-electron chi connectivity index (χ2n) is 3.77. The van der Waals surface area contributed by atoms with Gasteiger partial charge in [-0.15, -0.1) is 0 Å². The molecule has 3 nitrogen and oxygen atoms in total. The minimum absolute atomic E-state index is 0.234. The molecule has 14 heavy (non-hydrogen) atoms. The first kappa shape index (κ1) is 9.74. The normalized spacial score (nSPS) is 18.0. The molecule has 1 aliphatic carbocycles. The number of hydrogen-bond acceptors (Lipinski definition) is 3. The Labute approximate surface area is 88.2 Å². The van der Waals surface area contributed by atoms with Crippen LogP contribution in [0.25, 0.3) is 0 Å². The summed E-state index contributed by atoms with van der Waals surface area (Å²) < 4.78 is 5.21. The third-order valence-corrected chi connectivity index (χ3v) is 2.95. The molecule has 0 amide bonds. The molecule has 1 fully saturated rings. The van der Waals surface area contributed by atoms with Crippen molar-refractivity contribution in [1.29, 1.82) is 0 Å². The predicted octanol–water partition coefficient (Wildman–Crippen LogP) is 2.00. The lowest BCUT2D eigenvalue weighted by Crippen LogP contribution is -2.22. The summed E-state index contributed by atoms with van der Waals surface area (Å²) in [6, 6.07) is 0. The Morgan fingerprint density at radius 1 is 1.57 bits per heavy atom. The van der Waals surface area contributed by atoms with Crippen molar-refractivity contribution in [2.24, 2.45) is 5.73 Å². The van der Waals surface area contributed by atoms with Crippen LogP contribution >= 0.6 is 11.6 Å². The zero-order valence-corrected chi connectivity index (χ0v) is 9.06. The summed E-state index contributed by atoms with van der Waals surface area (Å²) in [5.74, 6) is 0.688. The van der Waals surface area contributed by atoms with Crippen molar-refractivity contribution >= 4 is 11.6 Å². The van der Waals surface area contributed by atoms with Crippen LogP contribution in [0, 0.1) is 6.92 Å². The van der Waals surface area contributed by atoms with Gasteiger partial charge in [0.1, 0.15) is 10.8 Å². The van der Waals surface area contributed by atoms with E-state index >= 15 is 0 Å². The number of hydrogen-bond donors (Lipinski definition) is 1. The van der Waals surface area contributed by atoms with Crippen molar-refractivity contribution in [2.75, 3.05) is 7.11 Å². The van der Waals surface area contributed by atoms with Crippen LogP contribution in [-0.2, 0) is 5.54 Å². The molecule has 0 aromatic carbocycles. The van der Waals surface area contributed by atoms with Gasteiger partial charge in [0.2, 0.25) is 0 Å². The van der Waals surface area contributed by atoms with Crippen LogP contribution < -0.4 is 10.5 Å². The third-order valence-electron chi connectivity index (χ3n) is 2.68. The van der Waals surface area contributed by atoms with Gasteiger partial charge >= 0.3 is 0 Å². The number of halogens is 1. The Kier molecular flexibility index (Phi) is 2.16. The Morgan fingerprint density at radius 3 is 2.71 bits per heavy atom. The minimum atomic E-state index is -0.234. The van der Waals surface area contributed by atoms with Crippen LogP contribution in [0.15, 0.2) is 6.20 Å². The average molecular weight is 213 g/mol. The highest BCUT2D eigenvalue weighted by atomic mass is 35.5. The molecule has 76 valence electrons. The molecule has 0 unspecified atom stereocenters. The lowest BCUT2D eigenvalue weighted by atomic mass is 10.1. The number of pyridine rings is 1. The van der Waals surface area contributed by atoms with E-state index in [0.29, 0.717) is 10.8 Å². The molecule has 0 spiro atoms. The molecule has 1 heterocycles. The molecular formula is C10H13ClN2O. The molecule has 1 aliphatic rings. The fourth-order valence-corrected chi connectivity index (χ4v) is 1.96. The summed E-state index contributed by atoms with van der Waals surface area (Å²) in [4.78, 5) is 4.28. The Hall–Kier alpha value is -0.800.